The number of ether oxygens (including phenoxy) is 1. The first kappa shape index (κ1) is 24.8. The van der Waals surface area contributed by atoms with E-state index in [-0.39, 0.29) is 29.8 Å². The Balaban J connectivity index is 2.88. The van der Waals surface area contributed by atoms with Crippen LogP contribution >= 0.6 is 0 Å². The summed E-state index contributed by atoms with van der Waals surface area (Å²) in [5, 5.41) is 13.9. The van der Waals surface area contributed by atoms with Crippen molar-refractivity contribution < 1.29 is 19.1 Å². The van der Waals surface area contributed by atoms with Crippen LogP contribution in [0, 0.1) is 0 Å². The van der Waals surface area contributed by atoms with Gasteiger partial charge in [0.05, 0.1) is 12.2 Å². The standard InChI is InChI=1S/C19H38N4O4Si/c1-18(2,3)26-17(25)23-13-16(27-28(7,8)19(4,5)6)12-14(23)11-15(24)9-10-21-22-20/h14-16,24H,9-13H2,1-8H3/t14-,15-,16-/m1/s1. The van der Waals surface area contributed by atoms with Crippen LogP contribution in [0.2, 0.25) is 18.1 Å². The number of azide groups is 1. The minimum atomic E-state index is -1.97. The maximum atomic E-state index is 12.7. The number of aliphatic hydroxyl groups excluding tert-OH is 1. The third kappa shape index (κ3) is 7.62. The number of rotatable bonds is 7. The molecule has 0 spiro atoms. The lowest BCUT2D eigenvalue weighted by molar-refractivity contribution is 0.0165. The van der Waals surface area contributed by atoms with Gasteiger partial charge in [0.25, 0.3) is 0 Å². The number of carbonyl (C=O) groups is 1. The Hall–Kier alpha value is -1.28. The molecule has 0 aromatic heterocycles. The highest BCUT2D eigenvalue weighted by atomic mass is 28.4. The molecule has 0 radical (unpaired) electrons. The Bertz CT molecular complexity index is 579. The van der Waals surface area contributed by atoms with Crippen LogP contribution in [0.1, 0.15) is 60.8 Å². The van der Waals surface area contributed by atoms with Gasteiger partial charge in [-0.3, -0.25) is 0 Å². The van der Waals surface area contributed by atoms with Crippen molar-refractivity contribution in [3.63, 3.8) is 0 Å². The quantitative estimate of drug-likeness (QED) is 0.278. The molecule has 0 unspecified atom stereocenters. The minimum Gasteiger partial charge on any atom is -0.444 e. The lowest BCUT2D eigenvalue weighted by atomic mass is 10.0. The molecule has 8 nitrogen and oxygen atoms in total. The van der Waals surface area contributed by atoms with Gasteiger partial charge in [-0.05, 0) is 63.7 Å². The normalized spacial score (nSPS) is 22.0. The topological polar surface area (TPSA) is 108 Å². The number of hydrogen-bond donors (Lipinski definition) is 1. The molecule has 0 bridgehead atoms. The van der Waals surface area contributed by atoms with Crippen molar-refractivity contribution in [3.05, 3.63) is 10.4 Å². The predicted octanol–water partition coefficient (Wildman–Crippen LogP) is 4.84. The highest BCUT2D eigenvalue weighted by Gasteiger charge is 2.44. The molecule has 1 fully saturated rings. The summed E-state index contributed by atoms with van der Waals surface area (Å²) in [7, 11) is -1.97. The number of likely N-dealkylation sites (tertiary alicyclic amines) is 1. The molecule has 0 saturated carbocycles. The van der Waals surface area contributed by atoms with Crippen molar-refractivity contribution in [2.45, 2.75) is 103 Å². The molecular formula is C19H38N4O4Si. The summed E-state index contributed by atoms with van der Waals surface area (Å²) < 4.78 is 12.1. The van der Waals surface area contributed by atoms with Gasteiger partial charge in [0.1, 0.15) is 5.60 Å². The average Bonchev–Trinajstić information content (AvgIpc) is 2.86. The monoisotopic (exact) mass is 414 g/mol. The van der Waals surface area contributed by atoms with E-state index >= 15 is 0 Å². The van der Waals surface area contributed by atoms with Crippen molar-refractivity contribution in [2.75, 3.05) is 13.1 Å². The molecule has 0 aliphatic carbocycles. The zero-order valence-electron chi connectivity index (χ0n) is 18.7. The van der Waals surface area contributed by atoms with Crippen molar-refractivity contribution in [1.29, 1.82) is 0 Å². The lowest BCUT2D eigenvalue weighted by Gasteiger charge is -2.38. The summed E-state index contributed by atoms with van der Waals surface area (Å²) in [5.41, 5.74) is 7.81. The molecular weight excluding hydrogens is 376 g/mol. The van der Waals surface area contributed by atoms with E-state index in [1.165, 1.54) is 0 Å². The maximum Gasteiger partial charge on any atom is 0.410 e. The van der Waals surface area contributed by atoms with Gasteiger partial charge in [0.2, 0.25) is 0 Å². The minimum absolute atomic E-state index is 0.0669. The molecule has 1 rings (SSSR count). The number of amides is 1. The van der Waals surface area contributed by atoms with E-state index < -0.39 is 20.0 Å². The van der Waals surface area contributed by atoms with Crippen LogP contribution in [0.5, 0.6) is 0 Å². The summed E-state index contributed by atoms with van der Waals surface area (Å²) in [6, 6.07) is -0.161. The first-order chi connectivity index (χ1) is 12.7. The van der Waals surface area contributed by atoms with Crippen molar-refractivity contribution in [2.24, 2.45) is 5.11 Å². The fourth-order valence-electron chi connectivity index (χ4n) is 3.00. The largest absolute Gasteiger partial charge is 0.444 e. The fourth-order valence-corrected chi connectivity index (χ4v) is 4.36. The number of carbonyl (C=O) groups excluding carboxylic acids is 1. The van der Waals surface area contributed by atoms with Crippen LogP contribution in [-0.4, -0.2) is 61.4 Å². The summed E-state index contributed by atoms with van der Waals surface area (Å²) in [4.78, 5) is 17.1. The van der Waals surface area contributed by atoms with Gasteiger partial charge < -0.3 is 19.2 Å². The van der Waals surface area contributed by atoms with E-state index in [0.717, 1.165) is 0 Å². The summed E-state index contributed by atoms with van der Waals surface area (Å²) >= 11 is 0. The molecule has 1 heterocycles. The Kier molecular flexibility index (Phi) is 8.38. The van der Waals surface area contributed by atoms with Crippen molar-refractivity contribution in [3.8, 4) is 0 Å². The van der Waals surface area contributed by atoms with Gasteiger partial charge in [-0.15, -0.1) is 0 Å². The second kappa shape index (κ2) is 9.48. The third-order valence-corrected chi connectivity index (χ3v) is 9.98. The van der Waals surface area contributed by atoms with Crippen molar-refractivity contribution in [1.82, 2.24) is 4.90 Å². The van der Waals surface area contributed by atoms with E-state index in [0.29, 0.717) is 25.8 Å². The van der Waals surface area contributed by atoms with Crippen LogP contribution in [0.4, 0.5) is 4.79 Å². The van der Waals surface area contributed by atoms with Crippen LogP contribution in [0.15, 0.2) is 5.11 Å². The summed E-state index contributed by atoms with van der Waals surface area (Å²) in [5.74, 6) is 0. The van der Waals surface area contributed by atoms with Crippen LogP contribution < -0.4 is 0 Å². The molecule has 1 aliphatic heterocycles. The van der Waals surface area contributed by atoms with Gasteiger partial charge in [0, 0.05) is 24.0 Å². The third-order valence-electron chi connectivity index (χ3n) is 5.44. The molecule has 0 aromatic carbocycles. The molecule has 1 N–H and O–H groups in total. The van der Waals surface area contributed by atoms with Crippen molar-refractivity contribution >= 4 is 14.4 Å². The molecule has 9 heteroatoms. The van der Waals surface area contributed by atoms with Crippen LogP contribution in [0.3, 0.4) is 0 Å². The molecule has 1 aliphatic rings. The Morgan fingerprint density at radius 3 is 2.43 bits per heavy atom. The highest BCUT2D eigenvalue weighted by Crippen LogP contribution is 2.39. The summed E-state index contributed by atoms with van der Waals surface area (Å²) in [6.07, 6.45) is 0.370. The number of hydrogen-bond acceptors (Lipinski definition) is 5. The SMILES string of the molecule is CC(C)(C)OC(=O)N1C[C@H](O[Si](C)(C)C(C)(C)C)C[C@H]1C[C@H](O)CCN=[N+]=[N-]. The molecule has 162 valence electrons. The highest BCUT2D eigenvalue weighted by molar-refractivity contribution is 6.74. The van der Waals surface area contributed by atoms with E-state index in [1.807, 2.05) is 20.8 Å². The van der Waals surface area contributed by atoms with Crippen LogP contribution in [0.25, 0.3) is 10.4 Å². The van der Waals surface area contributed by atoms with Gasteiger partial charge in [-0.2, -0.15) is 0 Å². The molecule has 1 saturated heterocycles. The van der Waals surface area contributed by atoms with Gasteiger partial charge in [-0.1, -0.05) is 25.9 Å². The fraction of sp³-hybridized carbons (Fsp3) is 0.947. The van der Waals surface area contributed by atoms with E-state index in [4.69, 9.17) is 14.7 Å². The second-order valence-corrected chi connectivity index (χ2v) is 14.9. The zero-order chi connectivity index (χ0) is 21.8. The van der Waals surface area contributed by atoms with Gasteiger partial charge in [0.15, 0.2) is 8.32 Å². The van der Waals surface area contributed by atoms with Gasteiger partial charge in [-0.25, -0.2) is 4.79 Å². The molecule has 0 aromatic rings. The van der Waals surface area contributed by atoms with E-state index in [1.54, 1.807) is 4.90 Å². The Morgan fingerprint density at radius 1 is 1.32 bits per heavy atom. The van der Waals surface area contributed by atoms with E-state index in [2.05, 4.69) is 43.9 Å². The zero-order valence-corrected chi connectivity index (χ0v) is 19.7. The smallest absolute Gasteiger partial charge is 0.410 e. The summed E-state index contributed by atoms with van der Waals surface area (Å²) in [6.45, 7) is 17.2. The van der Waals surface area contributed by atoms with Crippen LogP contribution in [-0.2, 0) is 9.16 Å². The number of aliphatic hydroxyl groups is 1. The first-order valence-electron chi connectivity index (χ1n) is 10.0. The van der Waals surface area contributed by atoms with Gasteiger partial charge >= 0.3 is 6.09 Å². The average molecular weight is 415 g/mol. The van der Waals surface area contributed by atoms with E-state index in [9.17, 15) is 9.90 Å². The number of nitrogens with zero attached hydrogens (tertiary/aromatic N) is 4. The Labute approximate surface area is 170 Å². The molecule has 1 amide bonds. The Morgan fingerprint density at radius 2 is 1.93 bits per heavy atom. The lowest BCUT2D eigenvalue weighted by Crippen LogP contribution is -2.45. The maximum absolute atomic E-state index is 12.7. The molecule has 28 heavy (non-hydrogen) atoms. The molecule has 3 atom stereocenters. The first-order valence-corrected chi connectivity index (χ1v) is 12.9. The predicted molar refractivity (Wildman–Crippen MR) is 113 cm³/mol. The second-order valence-electron chi connectivity index (χ2n) is 10.2.